The minimum Gasteiger partial charge on any atom is -0.366 e. The summed E-state index contributed by atoms with van der Waals surface area (Å²) in [7, 11) is 1.68. The molecule has 0 fully saturated rings. The number of rotatable bonds is 3. The van der Waals surface area contributed by atoms with Gasteiger partial charge in [-0.25, -0.2) is 9.18 Å². The van der Waals surface area contributed by atoms with E-state index in [0.29, 0.717) is 6.54 Å². The summed E-state index contributed by atoms with van der Waals surface area (Å²) >= 11 is 0. The molecule has 2 N–H and O–H groups in total. The number of nitrogens with zero attached hydrogens (tertiary/aromatic N) is 1. The fourth-order valence-corrected chi connectivity index (χ4v) is 1.54. The molecule has 94 valence electrons. The van der Waals surface area contributed by atoms with Gasteiger partial charge in [-0.15, -0.1) is 0 Å². The monoisotopic (exact) mass is 247 g/mol. The molecule has 0 radical (unpaired) electrons. The number of aromatic amines is 1. The standard InChI is InChI=1S/C13H14FN3O/c1-17(12-6-7-15-9-12)13(18)16-8-10-2-4-11(14)5-3-10/h2-7,9,15H,8H2,1H3,(H,16,18). The third-order valence-corrected chi connectivity index (χ3v) is 2.63. The molecule has 0 saturated heterocycles. The Labute approximate surface area is 104 Å². The van der Waals surface area contributed by atoms with Crippen molar-refractivity contribution in [2.24, 2.45) is 0 Å². The second-order valence-corrected chi connectivity index (χ2v) is 3.91. The van der Waals surface area contributed by atoms with Crippen LogP contribution in [0.1, 0.15) is 5.56 Å². The van der Waals surface area contributed by atoms with E-state index < -0.39 is 0 Å². The van der Waals surface area contributed by atoms with Crippen molar-refractivity contribution in [3.8, 4) is 0 Å². The SMILES string of the molecule is CN(C(=O)NCc1ccc(F)cc1)c1cc[nH]c1. The maximum absolute atomic E-state index is 12.7. The van der Waals surface area contributed by atoms with Crippen molar-refractivity contribution < 1.29 is 9.18 Å². The number of hydrogen-bond acceptors (Lipinski definition) is 1. The molecule has 0 atom stereocenters. The van der Waals surface area contributed by atoms with Crippen LogP contribution in [-0.2, 0) is 6.54 Å². The maximum atomic E-state index is 12.7. The highest BCUT2D eigenvalue weighted by molar-refractivity contribution is 5.91. The Bertz CT molecular complexity index is 508. The molecule has 0 bridgehead atoms. The van der Waals surface area contributed by atoms with Crippen LogP contribution in [0.2, 0.25) is 0 Å². The number of aromatic nitrogens is 1. The molecule has 4 nitrogen and oxygen atoms in total. The van der Waals surface area contributed by atoms with Gasteiger partial charge in [0.25, 0.3) is 0 Å². The van der Waals surface area contributed by atoms with Crippen molar-refractivity contribution in [2.75, 3.05) is 11.9 Å². The Balaban J connectivity index is 1.90. The van der Waals surface area contributed by atoms with Crippen molar-refractivity contribution in [2.45, 2.75) is 6.54 Å². The lowest BCUT2D eigenvalue weighted by atomic mass is 10.2. The van der Waals surface area contributed by atoms with Crippen LogP contribution in [0.25, 0.3) is 0 Å². The third-order valence-electron chi connectivity index (χ3n) is 2.63. The number of nitrogens with one attached hydrogen (secondary N) is 2. The van der Waals surface area contributed by atoms with E-state index in [-0.39, 0.29) is 11.8 Å². The molecule has 1 aromatic heterocycles. The third kappa shape index (κ3) is 2.88. The van der Waals surface area contributed by atoms with E-state index in [2.05, 4.69) is 10.3 Å². The quantitative estimate of drug-likeness (QED) is 0.860. The molecular weight excluding hydrogens is 233 g/mol. The minimum atomic E-state index is -0.283. The Kier molecular flexibility index (Phi) is 3.62. The zero-order valence-corrected chi connectivity index (χ0v) is 9.98. The Morgan fingerprint density at radius 3 is 2.67 bits per heavy atom. The molecular formula is C13H14FN3O. The minimum absolute atomic E-state index is 0.209. The average Bonchev–Trinajstić information content (AvgIpc) is 2.90. The van der Waals surface area contributed by atoms with Crippen molar-refractivity contribution in [3.05, 3.63) is 54.1 Å². The van der Waals surface area contributed by atoms with Gasteiger partial charge in [0, 0.05) is 26.0 Å². The molecule has 0 aliphatic rings. The Morgan fingerprint density at radius 1 is 1.33 bits per heavy atom. The van der Waals surface area contributed by atoms with Gasteiger partial charge < -0.3 is 10.3 Å². The largest absolute Gasteiger partial charge is 0.366 e. The molecule has 2 amide bonds. The molecule has 0 unspecified atom stereocenters. The first kappa shape index (κ1) is 12.2. The molecule has 1 aromatic carbocycles. The fourth-order valence-electron chi connectivity index (χ4n) is 1.54. The second-order valence-electron chi connectivity index (χ2n) is 3.91. The molecule has 5 heteroatoms. The maximum Gasteiger partial charge on any atom is 0.321 e. The zero-order valence-electron chi connectivity index (χ0n) is 9.98. The molecule has 0 aliphatic heterocycles. The molecule has 1 heterocycles. The number of halogens is 1. The first-order valence-electron chi connectivity index (χ1n) is 5.55. The number of H-pyrrole nitrogens is 1. The smallest absolute Gasteiger partial charge is 0.321 e. The van der Waals surface area contributed by atoms with Crippen molar-refractivity contribution >= 4 is 11.7 Å². The molecule has 0 spiro atoms. The normalized spacial score (nSPS) is 10.1. The molecule has 18 heavy (non-hydrogen) atoms. The molecule has 0 saturated carbocycles. The summed E-state index contributed by atoms with van der Waals surface area (Å²) in [5, 5.41) is 2.76. The van der Waals surface area contributed by atoms with Crippen LogP contribution in [0.4, 0.5) is 14.9 Å². The number of carbonyl (C=O) groups is 1. The van der Waals surface area contributed by atoms with Crippen LogP contribution in [0.3, 0.4) is 0 Å². The Morgan fingerprint density at radius 2 is 2.06 bits per heavy atom. The lowest BCUT2D eigenvalue weighted by Gasteiger charge is -2.16. The van der Waals surface area contributed by atoms with Gasteiger partial charge in [-0.3, -0.25) is 4.90 Å². The predicted octanol–water partition coefficient (Wildman–Crippen LogP) is 2.50. The number of hydrogen-bond donors (Lipinski definition) is 2. The van der Waals surface area contributed by atoms with Crippen LogP contribution >= 0.6 is 0 Å². The summed E-state index contributed by atoms with van der Waals surface area (Å²) < 4.78 is 12.7. The number of anilines is 1. The summed E-state index contributed by atoms with van der Waals surface area (Å²) in [6.07, 6.45) is 3.48. The van der Waals surface area contributed by atoms with E-state index in [1.54, 1.807) is 37.6 Å². The van der Waals surface area contributed by atoms with Crippen LogP contribution in [-0.4, -0.2) is 18.1 Å². The fraction of sp³-hybridized carbons (Fsp3) is 0.154. The summed E-state index contributed by atoms with van der Waals surface area (Å²) in [5.41, 5.74) is 1.64. The van der Waals surface area contributed by atoms with Gasteiger partial charge in [0.1, 0.15) is 5.82 Å². The van der Waals surface area contributed by atoms with E-state index in [9.17, 15) is 9.18 Å². The van der Waals surface area contributed by atoms with Crippen LogP contribution < -0.4 is 10.2 Å². The van der Waals surface area contributed by atoms with E-state index in [1.165, 1.54) is 17.0 Å². The molecule has 2 rings (SSSR count). The van der Waals surface area contributed by atoms with Gasteiger partial charge in [-0.2, -0.15) is 0 Å². The van der Waals surface area contributed by atoms with Crippen molar-refractivity contribution in [1.29, 1.82) is 0 Å². The lowest BCUT2D eigenvalue weighted by molar-refractivity contribution is 0.247. The van der Waals surface area contributed by atoms with E-state index in [0.717, 1.165) is 11.3 Å². The summed E-state index contributed by atoms with van der Waals surface area (Å²) in [6.45, 7) is 0.369. The second kappa shape index (κ2) is 5.35. The number of carbonyl (C=O) groups excluding carboxylic acids is 1. The van der Waals surface area contributed by atoms with Gasteiger partial charge >= 0.3 is 6.03 Å². The van der Waals surface area contributed by atoms with Crippen molar-refractivity contribution in [1.82, 2.24) is 10.3 Å². The highest BCUT2D eigenvalue weighted by Crippen LogP contribution is 2.10. The lowest BCUT2D eigenvalue weighted by Crippen LogP contribution is -2.36. The number of benzene rings is 1. The summed E-state index contributed by atoms with van der Waals surface area (Å²) in [5.74, 6) is -0.283. The van der Waals surface area contributed by atoms with Gasteiger partial charge in [0.2, 0.25) is 0 Å². The average molecular weight is 247 g/mol. The van der Waals surface area contributed by atoms with Gasteiger partial charge in [-0.1, -0.05) is 12.1 Å². The number of amides is 2. The number of urea groups is 1. The van der Waals surface area contributed by atoms with E-state index in [1.807, 2.05) is 0 Å². The summed E-state index contributed by atoms with van der Waals surface area (Å²) in [6, 6.07) is 7.63. The topological polar surface area (TPSA) is 48.1 Å². The van der Waals surface area contributed by atoms with Gasteiger partial charge in [0.15, 0.2) is 0 Å². The highest BCUT2D eigenvalue weighted by atomic mass is 19.1. The van der Waals surface area contributed by atoms with E-state index >= 15 is 0 Å². The van der Waals surface area contributed by atoms with Crippen LogP contribution in [0.15, 0.2) is 42.7 Å². The predicted molar refractivity (Wildman–Crippen MR) is 67.8 cm³/mol. The van der Waals surface area contributed by atoms with Crippen LogP contribution in [0.5, 0.6) is 0 Å². The Hall–Kier alpha value is -2.30. The summed E-state index contributed by atoms with van der Waals surface area (Å²) in [4.78, 5) is 16.2. The van der Waals surface area contributed by atoms with Crippen LogP contribution in [0, 0.1) is 5.82 Å². The first-order chi connectivity index (χ1) is 8.66. The zero-order chi connectivity index (χ0) is 13.0. The molecule has 2 aromatic rings. The highest BCUT2D eigenvalue weighted by Gasteiger charge is 2.10. The van der Waals surface area contributed by atoms with Gasteiger partial charge in [-0.05, 0) is 23.8 Å². The van der Waals surface area contributed by atoms with E-state index in [4.69, 9.17) is 0 Å². The van der Waals surface area contributed by atoms with Gasteiger partial charge in [0.05, 0.1) is 5.69 Å². The van der Waals surface area contributed by atoms with Crippen molar-refractivity contribution in [3.63, 3.8) is 0 Å². The first-order valence-corrected chi connectivity index (χ1v) is 5.55. The molecule has 0 aliphatic carbocycles.